The van der Waals surface area contributed by atoms with Crippen molar-refractivity contribution in [1.82, 2.24) is 9.97 Å². The zero-order chi connectivity index (χ0) is 23.0. The van der Waals surface area contributed by atoms with Crippen LogP contribution in [0.4, 0.5) is 24.7 Å². The predicted octanol–water partition coefficient (Wildman–Crippen LogP) is 4.97. The van der Waals surface area contributed by atoms with E-state index in [1.807, 2.05) is 30.3 Å². The molecule has 1 aromatic carbocycles. The van der Waals surface area contributed by atoms with Gasteiger partial charge in [0.25, 0.3) is 0 Å². The number of carbonyl (C=O) groups is 1. The first kappa shape index (κ1) is 22.7. The van der Waals surface area contributed by atoms with Gasteiger partial charge in [-0.15, -0.1) is 0 Å². The molecule has 0 radical (unpaired) electrons. The summed E-state index contributed by atoms with van der Waals surface area (Å²) in [6.07, 6.45) is 0.834. The first-order valence-electron chi connectivity index (χ1n) is 9.66. The van der Waals surface area contributed by atoms with E-state index in [0.717, 1.165) is 5.56 Å². The number of nitrogens with one attached hydrogen (secondary N) is 3. The Bertz CT molecular complexity index is 1080. The SMILES string of the molecule is N=C(/C=C(\Nc1ccc(NC(=O)CCc2ccccc2)cn1)C(F)(F)F)c1cccnc1. The number of rotatable bonds is 8. The number of halogens is 3. The number of aryl methyl sites for hydroxylation is 1. The van der Waals surface area contributed by atoms with Gasteiger partial charge in [-0.25, -0.2) is 4.98 Å². The highest BCUT2D eigenvalue weighted by Gasteiger charge is 2.34. The molecular weight excluding hydrogens is 419 g/mol. The smallest absolute Gasteiger partial charge is 0.336 e. The van der Waals surface area contributed by atoms with E-state index in [4.69, 9.17) is 5.41 Å². The highest BCUT2D eigenvalue weighted by molar-refractivity contribution is 6.07. The van der Waals surface area contributed by atoms with E-state index in [0.29, 0.717) is 18.2 Å². The second kappa shape index (κ2) is 10.3. The summed E-state index contributed by atoms with van der Waals surface area (Å²) >= 11 is 0. The average Bonchev–Trinajstić information content (AvgIpc) is 2.79. The lowest BCUT2D eigenvalue weighted by Gasteiger charge is -2.14. The summed E-state index contributed by atoms with van der Waals surface area (Å²) in [6.45, 7) is 0. The van der Waals surface area contributed by atoms with Gasteiger partial charge in [-0.3, -0.25) is 9.78 Å². The molecule has 3 rings (SSSR count). The van der Waals surface area contributed by atoms with Crippen LogP contribution in [0.25, 0.3) is 0 Å². The number of anilines is 2. The summed E-state index contributed by atoms with van der Waals surface area (Å²) in [5.74, 6) is -0.299. The number of benzene rings is 1. The molecule has 2 heterocycles. The molecule has 6 nitrogen and oxygen atoms in total. The van der Waals surface area contributed by atoms with Gasteiger partial charge in [0, 0.05) is 24.4 Å². The number of amides is 1. The molecule has 0 aliphatic rings. The van der Waals surface area contributed by atoms with Crippen molar-refractivity contribution in [1.29, 1.82) is 5.41 Å². The molecule has 0 saturated carbocycles. The van der Waals surface area contributed by atoms with Gasteiger partial charge < -0.3 is 16.0 Å². The summed E-state index contributed by atoms with van der Waals surface area (Å²) < 4.78 is 40.3. The van der Waals surface area contributed by atoms with E-state index in [1.54, 1.807) is 0 Å². The third kappa shape index (κ3) is 6.76. The second-order valence-electron chi connectivity index (χ2n) is 6.80. The molecule has 0 unspecified atom stereocenters. The largest absolute Gasteiger partial charge is 0.431 e. The van der Waals surface area contributed by atoms with Crippen LogP contribution < -0.4 is 10.6 Å². The Balaban J connectivity index is 1.62. The minimum Gasteiger partial charge on any atom is -0.336 e. The summed E-state index contributed by atoms with van der Waals surface area (Å²) in [6, 6.07) is 15.3. The van der Waals surface area contributed by atoms with Crippen molar-refractivity contribution >= 4 is 23.1 Å². The third-order valence-electron chi connectivity index (χ3n) is 4.36. The van der Waals surface area contributed by atoms with Crippen LogP contribution in [0.15, 0.2) is 85.0 Å². The number of alkyl halides is 3. The number of carbonyl (C=O) groups excluding carboxylic acids is 1. The Kier molecular flexibility index (Phi) is 7.33. The van der Waals surface area contributed by atoms with Crippen LogP contribution in [-0.2, 0) is 11.2 Å². The lowest BCUT2D eigenvalue weighted by molar-refractivity contribution is -0.116. The zero-order valence-corrected chi connectivity index (χ0v) is 16.9. The number of hydrogen-bond donors (Lipinski definition) is 3. The molecule has 9 heteroatoms. The van der Waals surface area contributed by atoms with Gasteiger partial charge in [-0.1, -0.05) is 30.3 Å². The molecule has 0 spiro atoms. The van der Waals surface area contributed by atoms with E-state index in [-0.39, 0.29) is 29.4 Å². The minimum absolute atomic E-state index is 0.0742. The van der Waals surface area contributed by atoms with Crippen molar-refractivity contribution in [2.75, 3.05) is 10.6 Å². The molecule has 2 aromatic heterocycles. The van der Waals surface area contributed by atoms with Gasteiger partial charge >= 0.3 is 6.18 Å². The van der Waals surface area contributed by atoms with Crippen LogP contribution >= 0.6 is 0 Å². The maximum atomic E-state index is 13.4. The molecule has 0 aliphatic heterocycles. The number of allylic oxidation sites excluding steroid dienone is 2. The quantitative estimate of drug-likeness (QED) is 0.432. The van der Waals surface area contributed by atoms with Crippen LogP contribution in [0.1, 0.15) is 17.5 Å². The van der Waals surface area contributed by atoms with Crippen molar-refractivity contribution in [2.24, 2.45) is 0 Å². The second-order valence-corrected chi connectivity index (χ2v) is 6.80. The molecular formula is C23H20F3N5O. The molecule has 1 amide bonds. The van der Waals surface area contributed by atoms with Gasteiger partial charge in [-0.2, -0.15) is 13.2 Å². The first-order chi connectivity index (χ1) is 15.3. The van der Waals surface area contributed by atoms with Gasteiger partial charge in [0.1, 0.15) is 11.5 Å². The van der Waals surface area contributed by atoms with E-state index < -0.39 is 11.9 Å². The van der Waals surface area contributed by atoms with Gasteiger partial charge in [0.2, 0.25) is 5.91 Å². The molecule has 3 aromatic rings. The molecule has 0 atom stereocenters. The third-order valence-corrected chi connectivity index (χ3v) is 4.36. The number of hydrogen-bond acceptors (Lipinski definition) is 5. The average molecular weight is 439 g/mol. The van der Waals surface area contributed by atoms with Crippen molar-refractivity contribution in [3.8, 4) is 0 Å². The van der Waals surface area contributed by atoms with Gasteiger partial charge in [-0.05, 0) is 42.3 Å². The fraction of sp³-hybridized carbons (Fsp3) is 0.130. The number of aromatic nitrogens is 2. The van der Waals surface area contributed by atoms with E-state index in [1.165, 1.54) is 42.9 Å². The van der Waals surface area contributed by atoms with Gasteiger partial charge in [0.15, 0.2) is 0 Å². The maximum absolute atomic E-state index is 13.4. The van der Waals surface area contributed by atoms with Crippen molar-refractivity contribution in [3.05, 3.63) is 96.1 Å². The van der Waals surface area contributed by atoms with Crippen molar-refractivity contribution in [2.45, 2.75) is 19.0 Å². The summed E-state index contributed by atoms with van der Waals surface area (Å²) in [7, 11) is 0. The Hall–Kier alpha value is -4.01. The highest BCUT2D eigenvalue weighted by Crippen LogP contribution is 2.27. The standard InChI is InChI=1S/C23H20F3N5O/c24-23(25,26)20(13-19(27)17-7-4-12-28-14-17)31-21-10-9-18(15-29-21)30-22(32)11-8-16-5-2-1-3-6-16/h1-7,9-10,12-15,27H,8,11H2,(H,29,31)(H,30,32)/b20-13-,27-19?. The fourth-order valence-corrected chi connectivity index (χ4v) is 2.74. The van der Waals surface area contributed by atoms with Gasteiger partial charge in [0.05, 0.1) is 17.6 Å². The Morgan fingerprint density at radius 1 is 1.00 bits per heavy atom. The molecule has 0 fully saturated rings. The van der Waals surface area contributed by atoms with Crippen LogP contribution in [0.3, 0.4) is 0 Å². The van der Waals surface area contributed by atoms with E-state index in [9.17, 15) is 18.0 Å². The fourth-order valence-electron chi connectivity index (χ4n) is 2.74. The summed E-state index contributed by atoms with van der Waals surface area (Å²) in [5, 5.41) is 12.8. The van der Waals surface area contributed by atoms with E-state index in [2.05, 4.69) is 20.6 Å². The predicted molar refractivity (Wildman–Crippen MR) is 116 cm³/mol. The monoisotopic (exact) mass is 439 g/mol. The molecule has 0 bridgehead atoms. The van der Waals surface area contributed by atoms with Crippen molar-refractivity contribution < 1.29 is 18.0 Å². The topological polar surface area (TPSA) is 90.8 Å². The van der Waals surface area contributed by atoms with E-state index >= 15 is 0 Å². The molecule has 32 heavy (non-hydrogen) atoms. The molecule has 0 aliphatic carbocycles. The molecule has 164 valence electrons. The Morgan fingerprint density at radius 3 is 2.41 bits per heavy atom. The highest BCUT2D eigenvalue weighted by atomic mass is 19.4. The lowest BCUT2D eigenvalue weighted by Crippen LogP contribution is -2.21. The lowest BCUT2D eigenvalue weighted by atomic mass is 10.1. The van der Waals surface area contributed by atoms with Crippen molar-refractivity contribution in [3.63, 3.8) is 0 Å². The first-order valence-corrected chi connectivity index (χ1v) is 9.66. The summed E-state index contributed by atoms with van der Waals surface area (Å²) in [4.78, 5) is 19.8. The zero-order valence-electron chi connectivity index (χ0n) is 16.9. The number of nitrogens with zero attached hydrogens (tertiary/aromatic N) is 2. The molecule has 0 saturated heterocycles. The molecule has 3 N–H and O–H groups in total. The maximum Gasteiger partial charge on any atom is 0.431 e. The van der Waals surface area contributed by atoms with Crippen LogP contribution in [0.2, 0.25) is 0 Å². The van der Waals surface area contributed by atoms with Crippen LogP contribution in [0, 0.1) is 5.41 Å². The Labute approximate surface area is 182 Å². The normalized spacial score (nSPS) is 11.7. The minimum atomic E-state index is -4.72. The number of pyridine rings is 2. The van der Waals surface area contributed by atoms with Crippen LogP contribution in [-0.4, -0.2) is 27.8 Å². The van der Waals surface area contributed by atoms with Crippen LogP contribution in [0.5, 0.6) is 0 Å². The Morgan fingerprint density at radius 2 is 1.78 bits per heavy atom. The summed E-state index contributed by atoms with van der Waals surface area (Å²) in [5.41, 5.74) is 0.161.